The molecular formula is C45H58FN9O5SSi. The van der Waals surface area contributed by atoms with E-state index in [9.17, 15) is 14.4 Å². The van der Waals surface area contributed by atoms with Gasteiger partial charge in [0.05, 0.1) is 11.2 Å². The average molecular weight is 884 g/mol. The van der Waals surface area contributed by atoms with E-state index >= 15 is 0 Å². The monoisotopic (exact) mass is 883 g/mol. The van der Waals surface area contributed by atoms with Crippen molar-refractivity contribution in [1.29, 1.82) is 10.7 Å². The van der Waals surface area contributed by atoms with Crippen molar-refractivity contribution >= 4 is 52.8 Å². The third kappa shape index (κ3) is 8.67. The largest absolute Gasteiger partial charge is 0.459 e. The van der Waals surface area contributed by atoms with Crippen LogP contribution in [0, 0.1) is 16.7 Å². The number of rotatable bonds is 11. The molecule has 0 saturated carbocycles. The van der Waals surface area contributed by atoms with Crippen LogP contribution in [0.2, 0.25) is 5.04 Å². The van der Waals surface area contributed by atoms with Gasteiger partial charge in [0.15, 0.2) is 11.4 Å². The summed E-state index contributed by atoms with van der Waals surface area (Å²) in [5.41, 5.74) is 6.95. The molecule has 7 rings (SSSR count). The minimum atomic E-state index is -2.99. The van der Waals surface area contributed by atoms with E-state index in [1.807, 2.05) is 31.0 Å². The van der Waals surface area contributed by atoms with Gasteiger partial charge in [-0.1, -0.05) is 81.4 Å². The van der Waals surface area contributed by atoms with E-state index in [0.717, 1.165) is 24.1 Å². The summed E-state index contributed by atoms with van der Waals surface area (Å²) in [7, 11) is 0.257. The first kappa shape index (κ1) is 45.0. The lowest BCUT2D eigenvalue weighted by Gasteiger charge is -2.49. The summed E-state index contributed by atoms with van der Waals surface area (Å²) in [5.74, 6) is -1.15. The van der Waals surface area contributed by atoms with Crippen LogP contribution in [0.15, 0.2) is 60.7 Å². The van der Waals surface area contributed by atoms with Crippen LogP contribution in [-0.2, 0) is 30.8 Å². The minimum Gasteiger partial charge on any atom is -0.459 e. The molecule has 0 radical (unpaired) electrons. The Balaban J connectivity index is 1.22. The number of benzene rings is 2. The van der Waals surface area contributed by atoms with Gasteiger partial charge in [-0.05, 0) is 81.3 Å². The van der Waals surface area contributed by atoms with Crippen molar-refractivity contribution in [2.75, 3.05) is 44.4 Å². The first-order valence-electron chi connectivity index (χ1n) is 21.3. The number of halogens is 1. The number of carbonyl (C=O) groups is 1. The number of carbonyl (C=O) groups excluding carboxylic acids is 1. The summed E-state index contributed by atoms with van der Waals surface area (Å²) in [6.07, 6.45) is 2.79. The average Bonchev–Trinajstić information content (AvgIpc) is 3.70. The molecule has 62 heavy (non-hydrogen) atoms. The third-order valence-electron chi connectivity index (χ3n) is 12.6. The maximum Gasteiger partial charge on any atom is 0.368 e. The van der Waals surface area contributed by atoms with E-state index in [1.165, 1.54) is 28.8 Å². The van der Waals surface area contributed by atoms with Crippen molar-refractivity contribution in [2.45, 2.75) is 114 Å². The predicted molar refractivity (Wildman–Crippen MR) is 240 cm³/mol. The molecule has 5 atom stereocenters. The Kier molecular flexibility index (Phi) is 13.1. The zero-order chi connectivity index (χ0) is 44.5. The lowest BCUT2D eigenvalue weighted by Crippen LogP contribution is -2.70. The SMILES string of the molecule is CO[C@]1(C(=O)ONC(=N)c2nc(O[C@@H](C)[C@@H]3C[C@@H](F)CN3C)nc(N3CCCC[C@@](C)(O[Si](c4ccccc4)(c4ccccc4)C(C)(C)C)C3)n2)CCCc2sc(N)c(C#N)c21. The number of aromatic nitrogens is 3. The Morgan fingerprint density at radius 1 is 1.08 bits per heavy atom. The van der Waals surface area contributed by atoms with Crippen LogP contribution >= 0.6 is 11.3 Å². The number of alkyl halides is 1. The van der Waals surface area contributed by atoms with E-state index < -0.39 is 43.6 Å². The number of nitrogen functional groups attached to an aromatic ring is 1. The second-order valence-corrected chi connectivity index (χ2v) is 23.4. The molecule has 1 aliphatic carbocycles. The van der Waals surface area contributed by atoms with Gasteiger partial charge in [-0.25, -0.2) is 9.18 Å². The van der Waals surface area contributed by atoms with Gasteiger partial charge in [-0.15, -0.1) is 11.3 Å². The fraction of sp³-hybridized carbons (Fsp3) is 0.511. The summed E-state index contributed by atoms with van der Waals surface area (Å²) < 4.78 is 34.5. The number of aryl methyl sites for hydroxylation is 1. The van der Waals surface area contributed by atoms with Crippen LogP contribution in [0.25, 0.3) is 0 Å². The number of likely N-dealkylation sites (tertiary alicyclic amines) is 1. The number of nitrogens with two attached hydrogens (primary N) is 1. The number of ether oxygens (including phenoxy) is 2. The standard InChI is InChI=1S/C45H58FN9O5SSi/c1-29(34-25-30(46)27-54(34)6)58-42-51-39(37(48)53-59-40(56)45(57-7)23-16-21-35-36(45)33(26-47)38(49)61-35)50-41(52-42)55-24-15-14-22-44(5,28-55)60-62(43(2,3)4,31-17-10-8-11-18-31)32-19-12-9-13-20-32/h8-13,17-20,29-30,34H,14-16,21-25,27-28,49H2,1-7H3,(H2,48,53)/t29-,30+,34-,44+,45+/m0/s1. The smallest absolute Gasteiger partial charge is 0.368 e. The molecule has 17 heteroatoms. The van der Waals surface area contributed by atoms with Crippen molar-refractivity contribution in [2.24, 2.45) is 0 Å². The highest BCUT2D eigenvalue weighted by Crippen LogP contribution is 2.47. The van der Waals surface area contributed by atoms with Crippen molar-refractivity contribution in [3.05, 3.63) is 82.5 Å². The molecule has 0 amide bonds. The van der Waals surface area contributed by atoms with Gasteiger partial charge in [-0.2, -0.15) is 25.7 Å². The lowest BCUT2D eigenvalue weighted by atomic mass is 9.81. The third-order valence-corrected chi connectivity index (χ3v) is 18.9. The number of methoxy groups -OCH3 is 1. The van der Waals surface area contributed by atoms with Crippen molar-refractivity contribution in [1.82, 2.24) is 25.3 Å². The van der Waals surface area contributed by atoms with Gasteiger partial charge in [-0.3, -0.25) is 10.3 Å². The number of hydroxylamine groups is 1. The summed E-state index contributed by atoms with van der Waals surface area (Å²) >= 11 is 1.26. The molecule has 0 bridgehead atoms. The molecule has 4 N–H and O–H groups in total. The minimum absolute atomic E-state index is 0.0531. The zero-order valence-electron chi connectivity index (χ0n) is 36.7. The highest BCUT2D eigenvalue weighted by Gasteiger charge is 2.54. The number of fused-ring (bicyclic) bond motifs is 1. The Bertz CT molecular complexity index is 2250. The maximum absolute atomic E-state index is 14.5. The Morgan fingerprint density at radius 2 is 1.76 bits per heavy atom. The van der Waals surface area contributed by atoms with E-state index in [1.54, 1.807) is 0 Å². The van der Waals surface area contributed by atoms with Gasteiger partial charge >= 0.3 is 12.0 Å². The summed E-state index contributed by atoms with van der Waals surface area (Å²) in [5, 5.41) is 21.5. The van der Waals surface area contributed by atoms with E-state index in [2.05, 4.69) is 97.7 Å². The van der Waals surface area contributed by atoms with Crippen LogP contribution < -0.4 is 31.2 Å². The summed E-state index contributed by atoms with van der Waals surface area (Å²) in [4.78, 5) is 38.5. The number of amidine groups is 1. The first-order valence-corrected chi connectivity index (χ1v) is 24.0. The number of nitriles is 1. The number of nitrogens with zero attached hydrogens (tertiary/aromatic N) is 6. The van der Waals surface area contributed by atoms with Gasteiger partial charge in [0.2, 0.25) is 11.8 Å². The molecule has 14 nitrogen and oxygen atoms in total. The summed E-state index contributed by atoms with van der Waals surface area (Å²) in [6.45, 7) is 12.1. The van der Waals surface area contributed by atoms with E-state index in [0.29, 0.717) is 49.5 Å². The quantitative estimate of drug-likeness (QED) is 0.0715. The van der Waals surface area contributed by atoms with Crippen LogP contribution in [0.1, 0.15) is 95.0 Å². The predicted octanol–water partition coefficient (Wildman–Crippen LogP) is 5.77. The lowest BCUT2D eigenvalue weighted by molar-refractivity contribution is -0.177. The van der Waals surface area contributed by atoms with E-state index in [4.69, 9.17) is 39.8 Å². The molecule has 0 spiro atoms. The topological polar surface area (TPSA) is 185 Å². The highest BCUT2D eigenvalue weighted by atomic mass is 32.1. The Hall–Kier alpha value is -4.99. The second kappa shape index (κ2) is 18.0. The van der Waals surface area contributed by atoms with Crippen LogP contribution in [-0.4, -0.2) is 97.7 Å². The zero-order valence-corrected chi connectivity index (χ0v) is 38.5. The van der Waals surface area contributed by atoms with Crippen molar-refractivity contribution in [3.63, 3.8) is 0 Å². The van der Waals surface area contributed by atoms with Crippen LogP contribution in [0.3, 0.4) is 0 Å². The number of anilines is 2. The maximum atomic E-state index is 14.5. The summed E-state index contributed by atoms with van der Waals surface area (Å²) in [6, 6.07) is 22.9. The molecule has 4 heterocycles. The number of likely N-dealkylation sites (N-methyl/N-ethyl adjacent to an activating group) is 1. The molecule has 2 saturated heterocycles. The molecule has 0 unspecified atom stereocenters. The van der Waals surface area contributed by atoms with Crippen LogP contribution in [0.5, 0.6) is 6.01 Å². The Morgan fingerprint density at radius 3 is 2.35 bits per heavy atom. The van der Waals surface area contributed by atoms with Crippen molar-refractivity contribution in [3.8, 4) is 12.1 Å². The van der Waals surface area contributed by atoms with Crippen LogP contribution in [0.4, 0.5) is 15.3 Å². The number of hydrogen-bond acceptors (Lipinski definition) is 14. The molecule has 2 aromatic heterocycles. The fourth-order valence-electron chi connectivity index (χ4n) is 9.60. The van der Waals surface area contributed by atoms with Gasteiger partial charge in [0.25, 0.3) is 8.32 Å². The van der Waals surface area contributed by atoms with Gasteiger partial charge in [0, 0.05) is 43.2 Å². The Labute approximate surface area is 368 Å². The molecule has 2 fully saturated rings. The molecule has 4 aromatic rings. The first-order chi connectivity index (χ1) is 29.5. The van der Waals surface area contributed by atoms with E-state index in [-0.39, 0.29) is 40.8 Å². The normalized spacial score (nSPS) is 23.8. The fourth-order valence-corrected chi connectivity index (χ4v) is 15.6. The molecule has 3 aliphatic rings. The molecule has 330 valence electrons. The van der Waals surface area contributed by atoms with Crippen molar-refractivity contribution < 1.29 is 27.9 Å². The van der Waals surface area contributed by atoms with Gasteiger partial charge in [0.1, 0.15) is 23.3 Å². The number of nitrogens with one attached hydrogen (secondary N) is 2. The highest BCUT2D eigenvalue weighted by molar-refractivity contribution is 7.16. The molecular weight excluding hydrogens is 826 g/mol. The number of hydrogen-bond donors (Lipinski definition) is 3. The molecule has 2 aromatic carbocycles. The number of thiophene rings is 1. The van der Waals surface area contributed by atoms with Gasteiger partial charge < -0.3 is 29.4 Å². The molecule has 2 aliphatic heterocycles. The second-order valence-electron chi connectivity index (χ2n) is 18.0.